The van der Waals surface area contributed by atoms with Crippen LogP contribution in [0.2, 0.25) is 0 Å². The molecule has 0 radical (unpaired) electrons. The van der Waals surface area contributed by atoms with Crippen LogP contribution < -0.4 is 0 Å². The van der Waals surface area contributed by atoms with Crippen molar-refractivity contribution in [2.45, 2.75) is 78.1 Å². The number of cyclic esters (lactones) is 1. The van der Waals surface area contributed by atoms with Crippen LogP contribution in [-0.4, -0.2) is 12.6 Å². The molecule has 1 aliphatic heterocycles. The molecule has 0 spiro atoms. The van der Waals surface area contributed by atoms with Gasteiger partial charge in [-0.15, -0.1) is 0 Å². The van der Waals surface area contributed by atoms with E-state index in [9.17, 15) is 4.79 Å². The van der Waals surface area contributed by atoms with Crippen LogP contribution in [-0.2, 0) is 9.53 Å². The fourth-order valence-electron chi connectivity index (χ4n) is 2.62. The highest BCUT2D eigenvalue weighted by atomic mass is 16.5. The van der Waals surface area contributed by atoms with Gasteiger partial charge in [0, 0.05) is 0 Å². The third kappa shape index (κ3) is 6.42. The van der Waals surface area contributed by atoms with Gasteiger partial charge in [-0.3, -0.25) is 4.79 Å². The maximum atomic E-state index is 11.4. The number of ether oxygens (including phenoxy) is 1. The molecule has 2 atom stereocenters. The van der Waals surface area contributed by atoms with E-state index >= 15 is 0 Å². The first-order valence-electron chi connectivity index (χ1n) is 7.90. The molecule has 1 saturated heterocycles. The van der Waals surface area contributed by atoms with Crippen molar-refractivity contribution in [2.24, 2.45) is 11.8 Å². The predicted molar refractivity (Wildman–Crippen MR) is 75.5 cm³/mol. The molecule has 18 heavy (non-hydrogen) atoms. The number of hydrogen-bond acceptors (Lipinski definition) is 2. The van der Waals surface area contributed by atoms with Crippen LogP contribution >= 0.6 is 0 Å². The summed E-state index contributed by atoms with van der Waals surface area (Å²) in [4.78, 5) is 11.4. The average molecular weight is 254 g/mol. The molecule has 1 rings (SSSR count). The summed E-state index contributed by atoms with van der Waals surface area (Å²) in [6.45, 7) is 5.26. The van der Waals surface area contributed by atoms with E-state index < -0.39 is 0 Å². The first kappa shape index (κ1) is 15.5. The Hall–Kier alpha value is -0.530. The standard InChI is InChI=1S/C16H30O2/c1-3-14(2)10-7-5-4-6-8-11-15-12-9-13-18-16(15)17/h14-15H,3-13H2,1-2H3. The van der Waals surface area contributed by atoms with Crippen molar-refractivity contribution < 1.29 is 9.53 Å². The lowest BCUT2D eigenvalue weighted by Gasteiger charge is -2.20. The van der Waals surface area contributed by atoms with Crippen LogP contribution in [0.4, 0.5) is 0 Å². The highest BCUT2D eigenvalue weighted by Crippen LogP contribution is 2.22. The van der Waals surface area contributed by atoms with Gasteiger partial charge in [0.25, 0.3) is 0 Å². The number of carbonyl (C=O) groups is 1. The smallest absolute Gasteiger partial charge is 0.308 e. The monoisotopic (exact) mass is 254 g/mol. The van der Waals surface area contributed by atoms with E-state index in [1.807, 2.05) is 0 Å². The van der Waals surface area contributed by atoms with Gasteiger partial charge >= 0.3 is 5.97 Å². The summed E-state index contributed by atoms with van der Waals surface area (Å²) in [5.41, 5.74) is 0. The minimum Gasteiger partial charge on any atom is -0.465 e. The van der Waals surface area contributed by atoms with E-state index in [2.05, 4.69) is 13.8 Å². The summed E-state index contributed by atoms with van der Waals surface area (Å²) in [5, 5.41) is 0. The first-order chi connectivity index (χ1) is 8.74. The third-order valence-electron chi connectivity index (χ3n) is 4.22. The molecule has 2 heteroatoms. The van der Waals surface area contributed by atoms with Gasteiger partial charge in [-0.1, -0.05) is 58.8 Å². The van der Waals surface area contributed by atoms with Crippen molar-refractivity contribution in [3.8, 4) is 0 Å². The van der Waals surface area contributed by atoms with Crippen LogP contribution in [0.25, 0.3) is 0 Å². The molecular formula is C16H30O2. The molecular weight excluding hydrogens is 224 g/mol. The molecule has 0 bridgehead atoms. The van der Waals surface area contributed by atoms with Crippen molar-refractivity contribution in [2.75, 3.05) is 6.61 Å². The minimum atomic E-state index is 0.0537. The average Bonchev–Trinajstić information content (AvgIpc) is 2.39. The zero-order valence-electron chi connectivity index (χ0n) is 12.2. The van der Waals surface area contributed by atoms with E-state index in [1.54, 1.807) is 0 Å². The second-order valence-corrected chi connectivity index (χ2v) is 5.87. The van der Waals surface area contributed by atoms with Gasteiger partial charge in [0.15, 0.2) is 0 Å². The molecule has 0 amide bonds. The summed E-state index contributed by atoms with van der Waals surface area (Å²) >= 11 is 0. The van der Waals surface area contributed by atoms with Crippen molar-refractivity contribution >= 4 is 5.97 Å². The van der Waals surface area contributed by atoms with Crippen LogP contribution in [0.5, 0.6) is 0 Å². The Kier molecular flexibility index (Phi) is 8.11. The topological polar surface area (TPSA) is 26.3 Å². The number of rotatable bonds is 9. The quantitative estimate of drug-likeness (QED) is 0.440. The molecule has 106 valence electrons. The summed E-state index contributed by atoms with van der Waals surface area (Å²) in [6, 6.07) is 0. The van der Waals surface area contributed by atoms with Crippen LogP contribution in [0.15, 0.2) is 0 Å². The van der Waals surface area contributed by atoms with Crippen LogP contribution in [0.3, 0.4) is 0 Å². The van der Waals surface area contributed by atoms with Crippen molar-refractivity contribution in [3.63, 3.8) is 0 Å². The van der Waals surface area contributed by atoms with E-state index in [0.717, 1.165) is 25.2 Å². The first-order valence-corrected chi connectivity index (χ1v) is 7.90. The van der Waals surface area contributed by atoms with E-state index in [0.29, 0.717) is 6.61 Å². The fraction of sp³-hybridized carbons (Fsp3) is 0.938. The van der Waals surface area contributed by atoms with Gasteiger partial charge in [0.2, 0.25) is 0 Å². The molecule has 0 aromatic heterocycles. The zero-order chi connectivity index (χ0) is 13.2. The maximum absolute atomic E-state index is 11.4. The normalized spacial score (nSPS) is 21.7. The van der Waals surface area contributed by atoms with E-state index in [4.69, 9.17) is 4.74 Å². The number of carbonyl (C=O) groups excluding carboxylic acids is 1. The third-order valence-corrected chi connectivity index (χ3v) is 4.22. The minimum absolute atomic E-state index is 0.0537. The van der Waals surface area contributed by atoms with Gasteiger partial charge in [-0.05, 0) is 25.2 Å². The number of esters is 1. The molecule has 1 aliphatic rings. The Morgan fingerprint density at radius 1 is 1.22 bits per heavy atom. The van der Waals surface area contributed by atoms with Crippen molar-refractivity contribution in [3.05, 3.63) is 0 Å². The Labute approximate surface area is 112 Å². The summed E-state index contributed by atoms with van der Waals surface area (Å²) in [5.74, 6) is 1.15. The van der Waals surface area contributed by atoms with E-state index in [1.165, 1.54) is 44.9 Å². The Balaban J connectivity index is 1.90. The van der Waals surface area contributed by atoms with Crippen molar-refractivity contribution in [1.82, 2.24) is 0 Å². The molecule has 2 unspecified atom stereocenters. The number of hydrogen-bond donors (Lipinski definition) is 0. The lowest BCUT2D eigenvalue weighted by molar-refractivity contribution is -0.153. The lowest BCUT2D eigenvalue weighted by Crippen LogP contribution is -2.23. The highest BCUT2D eigenvalue weighted by Gasteiger charge is 2.22. The summed E-state index contributed by atoms with van der Waals surface area (Å²) in [6.07, 6.45) is 12.4. The Morgan fingerprint density at radius 2 is 1.94 bits per heavy atom. The van der Waals surface area contributed by atoms with Gasteiger partial charge in [0.1, 0.15) is 0 Å². The fourth-order valence-corrected chi connectivity index (χ4v) is 2.62. The molecule has 1 fully saturated rings. The second-order valence-electron chi connectivity index (χ2n) is 5.87. The summed E-state index contributed by atoms with van der Waals surface area (Å²) < 4.78 is 5.09. The predicted octanol–water partition coefficient (Wildman–Crippen LogP) is 4.72. The molecule has 0 aromatic rings. The van der Waals surface area contributed by atoms with Gasteiger partial charge in [-0.25, -0.2) is 0 Å². The largest absolute Gasteiger partial charge is 0.465 e. The SMILES string of the molecule is CCC(C)CCCCCCCC1CCCOC1=O. The Bertz CT molecular complexity index is 225. The maximum Gasteiger partial charge on any atom is 0.308 e. The highest BCUT2D eigenvalue weighted by molar-refractivity contribution is 5.72. The molecule has 1 heterocycles. The van der Waals surface area contributed by atoms with Gasteiger partial charge in [0.05, 0.1) is 12.5 Å². The molecule has 0 aromatic carbocycles. The van der Waals surface area contributed by atoms with Crippen LogP contribution in [0, 0.1) is 11.8 Å². The van der Waals surface area contributed by atoms with Crippen LogP contribution in [0.1, 0.15) is 78.1 Å². The van der Waals surface area contributed by atoms with Gasteiger partial charge in [-0.2, -0.15) is 0 Å². The molecule has 0 saturated carbocycles. The molecule has 0 N–H and O–H groups in total. The van der Waals surface area contributed by atoms with Gasteiger partial charge < -0.3 is 4.74 Å². The molecule has 2 nitrogen and oxygen atoms in total. The molecule has 0 aliphatic carbocycles. The Morgan fingerprint density at radius 3 is 2.67 bits per heavy atom. The second kappa shape index (κ2) is 9.41. The summed E-state index contributed by atoms with van der Waals surface area (Å²) in [7, 11) is 0. The van der Waals surface area contributed by atoms with Crippen molar-refractivity contribution in [1.29, 1.82) is 0 Å². The lowest BCUT2D eigenvalue weighted by atomic mass is 9.94. The zero-order valence-corrected chi connectivity index (χ0v) is 12.2. The number of unbranched alkanes of at least 4 members (excludes halogenated alkanes) is 4. The van der Waals surface area contributed by atoms with E-state index in [-0.39, 0.29) is 11.9 Å².